The summed E-state index contributed by atoms with van der Waals surface area (Å²) >= 11 is 7.35. The summed E-state index contributed by atoms with van der Waals surface area (Å²) in [5.41, 5.74) is 6.46. The number of ether oxygens (including phenoxy) is 1. The predicted molar refractivity (Wildman–Crippen MR) is 145 cm³/mol. The Morgan fingerprint density at radius 3 is 2.42 bits per heavy atom. The van der Waals surface area contributed by atoms with Crippen LogP contribution in [0.3, 0.4) is 0 Å². The van der Waals surface area contributed by atoms with E-state index in [-0.39, 0.29) is 11.7 Å². The van der Waals surface area contributed by atoms with Crippen molar-refractivity contribution in [3.05, 3.63) is 88.9 Å². The van der Waals surface area contributed by atoms with Crippen LogP contribution in [0.4, 0.5) is 0 Å². The summed E-state index contributed by atoms with van der Waals surface area (Å²) in [6.45, 7) is 4.64. The van der Waals surface area contributed by atoms with Gasteiger partial charge in [-0.1, -0.05) is 54.6 Å². The SMILES string of the molecule is CCOc1ccc(-n2c(SCC(=O)NN=Cc3ccc(CC)cc3)nnc2-c2ccc(Cl)cc2)cc1. The van der Waals surface area contributed by atoms with E-state index in [0.717, 1.165) is 29.0 Å². The minimum absolute atomic E-state index is 0.127. The van der Waals surface area contributed by atoms with Crippen LogP contribution in [0.5, 0.6) is 5.75 Å². The van der Waals surface area contributed by atoms with Crippen molar-refractivity contribution in [2.45, 2.75) is 25.4 Å². The number of hydrogen-bond donors (Lipinski definition) is 1. The van der Waals surface area contributed by atoms with E-state index in [1.165, 1.54) is 17.3 Å². The van der Waals surface area contributed by atoms with E-state index in [2.05, 4.69) is 27.6 Å². The third-order valence-corrected chi connectivity index (χ3v) is 6.45. The van der Waals surface area contributed by atoms with Gasteiger partial charge in [0, 0.05) is 16.3 Å². The van der Waals surface area contributed by atoms with Gasteiger partial charge in [-0.2, -0.15) is 5.10 Å². The summed E-state index contributed by atoms with van der Waals surface area (Å²) in [5.74, 6) is 1.31. The Hall–Kier alpha value is -3.62. The quantitative estimate of drug-likeness (QED) is 0.163. The lowest BCUT2D eigenvalue weighted by molar-refractivity contribution is -0.118. The molecule has 1 heterocycles. The normalized spacial score (nSPS) is 11.1. The van der Waals surface area contributed by atoms with E-state index >= 15 is 0 Å². The largest absolute Gasteiger partial charge is 0.494 e. The van der Waals surface area contributed by atoms with Crippen LogP contribution in [-0.2, 0) is 11.2 Å². The van der Waals surface area contributed by atoms with Crippen molar-refractivity contribution < 1.29 is 9.53 Å². The molecule has 4 aromatic rings. The number of hydrazone groups is 1. The molecular formula is C27H26ClN5O2S. The number of nitrogens with one attached hydrogen (secondary N) is 1. The minimum atomic E-state index is -0.240. The molecule has 3 aromatic carbocycles. The molecule has 1 amide bonds. The number of amides is 1. The monoisotopic (exact) mass is 519 g/mol. The smallest absolute Gasteiger partial charge is 0.250 e. The number of carbonyl (C=O) groups excluding carboxylic acids is 1. The fraction of sp³-hybridized carbons (Fsp3) is 0.185. The first-order valence-electron chi connectivity index (χ1n) is 11.6. The highest BCUT2D eigenvalue weighted by molar-refractivity contribution is 7.99. The summed E-state index contributed by atoms with van der Waals surface area (Å²) in [4.78, 5) is 12.5. The molecule has 1 N–H and O–H groups in total. The summed E-state index contributed by atoms with van der Waals surface area (Å²) in [5, 5.41) is 14.1. The Morgan fingerprint density at radius 1 is 1.03 bits per heavy atom. The maximum absolute atomic E-state index is 12.5. The molecule has 1 aromatic heterocycles. The number of thioether (sulfide) groups is 1. The van der Waals surface area contributed by atoms with E-state index in [1.54, 1.807) is 6.21 Å². The van der Waals surface area contributed by atoms with E-state index in [9.17, 15) is 4.79 Å². The number of rotatable bonds is 10. The Bertz CT molecular complexity index is 1320. The van der Waals surface area contributed by atoms with Crippen LogP contribution in [0.1, 0.15) is 25.0 Å². The van der Waals surface area contributed by atoms with Crippen LogP contribution in [-0.4, -0.2) is 39.2 Å². The Morgan fingerprint density at radius 2 is 1.75 bits per heavy atom. The molecular weight excluding hydrogens is 494 g/mol. The van der Waals surface area contributed by atoms with Gasteiger partial charge in [-0.25, -0.2) is 5.43 Å². The summed E-state index contributed by atoms with van der Waals surface area (Å²) < 4.78 is 7.48. The lowest BCUT2D eigenvalue weighted by atomic mass is 10.1. The lowest BCUT2D eigenvalue weighted by Crippen LogP contribution is -2.20. The number of hydrogen-bond acceptors (Lipinski definition) is 6. The van der Waals surface area contributed by atoms with Crippen LogP contribution in [0.2, 0.25) is 5.02 Å². The maximum Gasteiger partial charge on any atom is 0.250 e. The summed E-state index contributed by atoms with van der Waals surface area (Å²) in [7, 11) is 0. The van der Waals surface area contributed by atoms with E-state index in [1.807, 2.05) is 84.3 Å². The third-order valence-electron chi connectivity index (χ3n) is 5.26. The van der Waals surface area contributed by atoms with Crippen molar-refractivity contribution >= 4 is 35.5 Å². The molecule has 0 saturated heterocycles. The summed E-state index contributed by atoms with van der Waals surface area (Å²) in [6, 6.07) is 23.1. The molecule has 184 valence electrons. The van der Waals surface area contributed by atoms with Crippen molar-refractivity contribution in [2.24, 2.45) is 5.10 Å². The molecule has 0 fully saturated rings. The van der Waals surface area contributed by atoms with Crippen molar-refractivity contribution in [1.82, 2.24) is 20.2 Å². The second-order valence-corrected chi connectivity index (χ2v) is 9.13. The van der Waals surface area contributed by atoms with Crippen molar-refractivity contribution in [1.29, 1.82) is 0 Å². The molecule has 0 spiro atoms. The van der Waals surface area contributed by atoms with Gasteiger partial charge in [0.2, 0.25) is 0 Å². The highest BCUT2D eigenvalue weighted by Crippen LogP contribution is 2.29. The molecule has 0 saturated carbocycles. The average Bonchev–Trinajstić information content (AvgIpc) is 3.33. The number of halogens is 1. The molecule has 0 aliphatic heterocycles. The molecule has 36 heavy (non-hydrogen) atoms. The fourth-order valence-electron chi connectivity index (χ4n) is 3.42. The summed E-state index contributed by atoms with van der Waals surface area (Å²) in [6.07, 6.45) is 2.61. The first-order chi connectivity index (χ1) is 17.6. The molecule has 7 nitrogen and oxygen atoms in total. The third kappa shape index (κ3) is 6.53. The van der Waals surface area contributed by atoms with E-state index < -0.39 is 0 Å². The van der Waals surface area contributed by atoms with Crippen molar-refractivity contribution in [2.75, 3.05) is 12.4 Å². The molecule has 0 unspecified atom stereocenters. The van der Waals surface area contributed by atoms with Gasteiger partial charge in [0.05, 0.1) is 18.6 Å². The molecule has 0 bridgehead atoms. The van der Waals surface area contributed by atoms with Gasteiger partial charge >= 0.3 is 0 Å². The zero-order chi connectivity index (χ0) is 25.3. The highest BCUT2D eigenvalue weighted by atomic mass is 35.5. The Balaban J connectivity index is 1.50. The van der Waals surface area contributed by atoms with Crippen LogP contribution in [0, 0.1) is 0 Å². The minimum Gasteiger partial charge on any atom is -0.494 e. The number of aromatic nitrogens is 3. The average molecular weight is 520 g/mol. The van der Waals surface area contributed by atoms with Crippen LogP contribution in [0.15, 0.2) is 83.1 Å². The van der Waals surface area contributed by atoms with Gasteiger partial charge in [-0.15, -0.1) is 10.2 Å². The van der Waals surface area contributed by atoms with Crippen LogP contribution >= 0.6 is 23.4 Å². The highest BCUT2D eigenvalue weighted by Gasteiger charge is 2.17. The molecule has 0 atom stereocenters. The van der Waals surface area contributed by atoms with Crippen LogP contribution < -0.4 is 10.2 Å². The van der Waals surface area contributed by atoms with E-state index in [0.29, 0.717) is 22.6 Å². The standard InChI is InChI=1S/C27H26ClN5O2S/c1-3-19-5-7-20(8-6-19)17-29-30-25(34)18-36-27-32-31-26(21-9-11-22(28)12-10-21)33(27)23-13-15-24(16-14-23)35-4-2/h5-17H,3-4,18H2,1-2H3,(H,30,34). The van der Waals surface area contributed by atoms with Crippen LogP contribution in [0.25, 0.3) is 17.1 Å². The topological polar surface area (TPSA) is 81.4 Å². The molecule has 0 radical (unpaired) electrons. The van der Waals surface area contributed by atoms with Crippen molar-refractivity contribution in [3.63, 3.8) is 0 Å². The maximum atomic E-state index is 12.5. The molecule has 0 aliphatic carbocycles. The zero-order valence-electron chi connectivity index (χ0n) is 20.0. The predicted octanol–water partition coefficient (Wildman–Crippen LogP) is 5.79. The zero-order valence-corrected chi connectivity index (χ0v) is 21.6. The second-order valence-electron chi connectivity index (χ2n) is 7.75. The first kappa shape index (κ1) is 25.5. The molecule has 0 aliphatic rings. The van der Waals surface area contributed by atoms with Gasteiger partial charge in [-0.3, -0.25) is 9.36 Å². The first-order valence-corrected chi connectivity index (χ1v) is 12.9. The molecule has 9 heteroatoms. The lowest BCUT2D eigenvalue weighted by Gasteiger charge is -2.11. The Kier molecular flexibility index (Phi) is 8.76. The Labute approximate surface area is 219 Å². The van der Waals surface area contributed by atoms with Gasteiger partial charge in [-0.05, 0) is 73.0 Å². The van der Waals surface area contributed by atoms with E-state index in [4.69, 9.17) is 16.3 Å². The van der Waals surface area contributed by atoms with Crippen molar-refractivity contribution in [3.8, 4) is 22.8 Å². The fourth-order valence-corrected chi connectivity index (χ4v) is 4.29. The number of carbonyl (C=O) groups is 1. The van der Waals surface area contributed by atoms with Gasteiger partial charge < -0.3 is 4.74 Å². The molecule has 4 rings (SSSR count). The van der Waals surface area contributed by atoms with Gasteiger partial charge in [0.15, 0.2) is 11.0 Å². The second kappa shape index (κ2) is 12.4. The number of nitrogens with zero attached hydrogens (tertiary/aromatic N) is 4. The van der Waals surface area contributed by atoms with Gasteiger partial charge in [0.1, 0.15) is 5.75 Å². The van der Waals surface area contributed by atoms with Gasteiger partial charge in [0.25, 0.3) is 5.91 Å². The number of aryl methyl sites for hydroxylation is 1. The number of benzene rings is 3.